The Kier molecular flexibility index (Phi) is 7.79. The molecule has 8 aromatic rings. The number of hydrogen-bond donors (Lipinski definition) is 0. The van der Waals surface area contributed by atoms with Crippen molar-refractivity contribution in [2.24, 2.45) is 0 Å². The molecule has 0 amide bonds. The van der Waals surface area contributed by atoms with Crippen LogP contribution in [0.3, 0.4) is 0 Å². The molecule has 8 rings (SSSR count). The van der Waals surface area contributed by atoms with Gasteiger partial charge in [-0.15, -0.1) is 0 Å². The van der Waals surface area contributed by atoms with E-state index in [9.17, 15) is 0 Å². The van der Waals surface area contributed by atoms with E-state index in [-0.39, 0.29) is 0 Å². The van der Waals surface area contributed by atoms with Crippen LogP contribution in [0, 0.1) is 0 Å². The van der Waals surface area contributed by atoms with Gasteiger partial charge in [-0.2, -0.15) is 0 Å². The first kappa shape index (κ1) is 28.8. The fourth-order valence-electron chi connectivity index (χ4n) is 5.72. The number of aromatic nitrogens is 6. The van der Waals surface area contributed by atoms with Gasteiger partial charge in [0, 0.05) is 40.8 Å². The van der Waals surface area contributed by atoms with Crippen molar-refractivity contribution in [2.75, 3.05) is 0 Å². The van der Waals surface area contributed by atoms with Crippen molar-refractivity contribution in [1.29, 1.82) is 0 Å². The largest absolute Gasteiger partial charge is 0.265 e. The standard InChI is InChI=1S/C42H28N6/c1-3-7-34(8-4-1)40-46-41(35-9-5-2-6-10-35)48-42(47-40)38-26-36(30-13-11-29(12-14-30)32-19-22-43-23-20-32)25-37(27-38)31-15-17-33(18-16-31)39-21-24-44-28-45-39/h1-28H. The minimum Gasteiger partial charge on any atom is -0.265 e. The molecule has 6 heteroatoms. The van der Waals surface area contributed by atoms with Gasteiger partial charge in [0.25, 0.3) is 0 Å². The first-order chi connectivity index (χ1) is 23.8. The Bertz CT molecular complexity index is 2130. The average molecular weight is 617 g/mol. The minimum atomic E-state index is 0.608. The predicted molar refractivity (Wildman–Crippen MR) is 191 cm³/mol. The molecule has 0 atom stereocenters. The van der Waals surface area contributed by atoms with Gasteiger partial charge < -0.3 is 0 Å². The van der Waals surface area contributed by atoms with Crippen LogP contribution in [0.2, 0.25) is 0 Å². The normalized spacial score (nSPS) is 10.9. The molecule has 48 heavy (non-hydrogen) atoms. The third-order valence-corrected chi connectivity index (χ3v) is 8.22. The molecule has 6 nitrogen and oxygen atoms in total. The summed E-state index contributed by atoms with van der Waals surface area (Å²) >= 11 is 0. The second-order valence-electron chi connectivity index (χ2n) is 11.3. The molecule has 0 radical (unpaired) electrons. The van der Waals surface area contributed by atoms with Gasteiger partial charge in [-0.05, 0) is 69.8 Å². The molecule has 0 N–H and O–H groups in total. The summed E-state index contributed by atoms with van der Waals surface area (Å²) in [5.41, 5.74) is 11.2. The Morgan fingerprint density at radius 1 is 0.292 bits per heavy atom. The van der Waals surface area contributed by atoms with Crippen LogP contribution >= 0.6 is 0 Å². The molecule has 0 aliphatic rings. The molecule has 0 unspecified atom stereocenters. The summed E-state index contributed by atoms with van der Waals surface area (Å²) in [6.45, 7) is 0. The van der Waals surface area contributed by atoms with Crippen LogP contribution in [0.1, 0.15) is 0 Å². The molecular formula is C42H28N6. The number of benzene rings is 5. The van der Waals surface area contributed by atoms with Crippen molar-refractivity contribution in [3.05, 3.63) is 171 Å². The maximum atomic E-state index is 5.03. The predicted octanol–water partition coefficient (Wildman–Crippen LogP) is 9.73. The fraction of sp³-hybridized carbons (Fsp3) is 0. The van der Waals surface area contributed by atoms with Crippen molar-refractivity contribution in [2.45, 2.75) is 0 Å². The highest BCUT2D eigenvalue weighted by molar-refractivity contribution is 5.82. The van der Waals surface area contributed by atoms with Gasteiger partial charge in [0.15, 0.2) is 17.5 Å². The molecule has 3 aromatic heterocycles. The zero-order chi connectivity index (χ0) is 32.1. The molecule has 0 saturated heterocycles. The van der Waals surface area contributed by atoms with Gasteiger partial charge in [0.05, 0.1) is 5.69 Å². The summed E-state index contributed by atoms with van der Waals surface area (Å²) in [5, 5.41) is 0. The van der Waals surface area contributed by atoms with E-state index in [1.807, 2.05) is 91.3 Å². The van der Waals surface area contributed by atoms with Crippen LogP contribution in [0.15, 0.2) is 171 Å². The van der Waals surface area contributed by atoms with Crippen molar-refractivity contribution < 1.29 is 0 Å². The van der Waals surface area contributed by atoms with E-state index in [4.69, 9.17) is 15.0 Å². The lowest BCUT2D eigenvalue weighted by Crippen LogP contribution is -2.00. The Hall–Kier alpha value is -6.66. The second kappa shape index (κ2) is 13.0. The monoisotopic (exact) mass is 616 g/mol. The average Bonchev–Trinajstić information content (AvgIpc) is 3.19. The lowest BCUT2D eigenvalue weighted by Gasteiger charge is -2.13. The van der Waals surface area contributed by atoms with Crippen molar-refractivity contribution >= 4 is 0 Å². The zero-order valence-electron chi connectivity index (χ0n) is 25.8. The molecule has 0 aliphatic heterocycles. The van der Waals surface area contributed by atoms with E-state index in [1.54, 1.807) is 12.5 Å². The van der Waals surface area contributed by atoms with Crippen LogP contribution in [0.4, 0.5) is 0 Å². The maximum Gasteiger partial charge on any atom is 0.164 e. The first-order valence-corrected chi connectivity index (χ1v) is 15.7. The topological polar surface area (TPSA) is 77.3 Å². The summed E-state index contributed by atoms with van der Waals surface area (Å²) in [6.07, 6.45) is 6.96. The molecule has 5 aromatic carbocycles. The van der Waals surface area contributed by atoms with E-state index in [1.165, 1.54) is 0 Å². The van der Waals surface area contributed by atoms with Crippen LogP contribution in [0.5, 0.6) is 0 Å². The molecule has 0 fully saturated rings. The van der Waals surface area contributed by atoms with Gasteiger partial charge in [0.2, 0.25) is 0 Å². The van der Waals surface area contributed by atoms with Gasteiger partial charge in [-0.1, -0.05) is 109 Å². The lowest BCUT2D eigenvalue weighted by atomic mass is 9.94. The molecule has 0 bridgehead atoms. The van der Waals surface area contributed by atoms with Crippen LogP contribution < -0.4 is 0 Å². The number of nitrogens with zero attached hydrogens (tertiary/aromatic N) is 6. The molecule has 0 aliphatic carbocycles. The Morgan fingerprint density at radius 2 is 0.708 bits per heavy atom. The van der Waals surface area contributed by atoms with Gasteiger partial charge in [-0.3, -0.25) is 4.98 Å². The van der Waals surface area contributed by atoms with Crippen molar-refractivity contribution in [3.8, 4) is 78.8 Å². The Balaban J connectivity index is 1.28. The van der Waals surface area contributed by atoms with Crippen molar-refractivity contribution in [1.82, 2.24) is 29.9 Å². The van der Waals surface area contributed by atoms with Gasteiger partial charge in [-0.25, -0.2) is 24.9 Å². The number of rotatable bonds is 7. The minimum absolute atomic E-state index is 0.608. The van der Waals surface area contributed by atoms with E-state index in [0.29, 0.717) is 17.5 Å². The summed E-state index contributed by atoms with van der Waals surface area (Å²) in [5.74, 6) is 1.86. The summed E-state index contributed by atoms with van der Waals surface area (Å²) < 4.78 is 0. The van der Waals surface area contributed by atoms with Gasteiger partial charge in [0.1, 0.15) is 6.33 Å². The lowest BCUT2D eigenvalue weighted by molar-refractivity contribution is 1.07. The zero-order valence-corrected chi connectivity index (χ0v) is 25.8. The van der Waals surface area contributed by atoms with E-state index >= 15 is 0 Å². The quantitative estimate of drug-likeness (QED) is 0.177. The van der Waals surface area contributed by atoms with Crippen LogP contribution in [-0.4, -0.2) is 29.9 Å². The second-order valence-corrected chi connectivity index (χ2v) is 11.3. The molecule has 0 saturated carbocycles. The molecule has 3 heterocycles. The highest BCUT2D eigenvalue weighted by Crippen LogP contribution is 2.35. The third-order valence-electron chi connectivity index (χ3n) is 8.22. The molecular weight excluding hydrogens is 589 g/mol. The molecule has 0 spiro atoms. The molecule has 226 valence electrons. The smallest absolute Gasteiger partial charge is 0.164 e. The highest BCUT2D eigenvalue weighted by Gasteiger charge is 2.15. The van der Waals surface area contributed by atoms with E-state index < -0.39 is 0 Å². The highest BCUT2D eigenvalue weighted by atomic mass is 15.0. The summed E-state index contributed by atoms with van der Waals surface area (Å²) in [6, 6.07) is 49.7. The Morgan fingerprint density at radius 3 is 1.21 bits per heavy atom. The van der Waals surface area contributed by atoms with Gasteiger partial charge >= 0.3 is 0 Å². The SMILES string of the molecule is c1ccc(-c2nc(-c3ccccc3)nc(-c3cc(-c4ccc(-c5ccncc5)cc4)cc(-c4ccc(-c5ccncn5)cc4)c3)n2)cc1. The van der Waals surface area contributed by atoms with E-state index in [0.717, 1.165) is 61.3 Å². The summed E-state index contributed by atoms with van der Waals surface area (Å²) in [7, 11) is 0. The van der Waals surface area contributed by atoms with E-state index in [2.05, 4.69) is 81.7 Å². The first-order valence-electron chi connectivity index (χ1n) is 15.7. The number of pyridine rings is 1. The maximum absolute atomic E-state index is 5.03. The number of hydrogen-bond acceptors (Lipinski definition) is 6. The van der Waals surface area contributed by atoms with Crippen molar-refractivity contribution in [3.63, 3.8) is 0 Å². The van der Waals surface area contributed by atoms with Crippen LogP contribution in [0.25, 0.3) is 78.8 Å². The third kappa shape index (κ3) is 6.10. The Labute approximate surface area is 278 Å². The fourth-order valence-corrected chi connectivity index (χ4v) is 5.72. The summed E-state index contributed by atoms with van der Waals surface area (Å²) in [4.78, 5) is 27.6. The van der Waals surface area contributed by atoms with Crippen LogP contribution in [-0.2, 0) is 0 Å².